The predicted octanol–water partition coefficient (Wildman–Crippen LogP) is 1.03. The van der Waals surface area contributed by atoms with Crippen LogP contribution in [0, 0.1) is 6.92 Å². The molecule has 0 aliphatic carbocycles. The van der Waals surface area contributed by atoms with E-state index >= 15 is 0 Å². The Morgan fingerprint density at radius 1 is 1.26 bits per heavy atom. The number of aromatic carboxylic acids is 2. The highest BCUT2D eigenvalue weighted by molar-refractivity contribution is 5.98. The summed E-state index contributed by atoms with van der Waals surface area (Å²) in [5, 5.41) is 24.9. The maximum atomic E-state index is 11.1. The van der Waals surface area contributed by atoms with E-state index in [1.807, 2.05) is 25.1 Å². The third-order valence-electron chi connectivity index (χ3n) is 2.56. The van der Waals surface area contributed by atoms with Crippen molar-refractivity contribution in [3.8, 4) is 0 Å². The van der Waals surface area contributed by atoms with Crippen LogP contribution in [0.25, 0.3) is 0 Å². The molecule has 1 aromatic heterocycles. The van der Waals surface area contributed by atoms with E-state index in [4.69, 9.17) is 10.2 Å². The van der Waals surface area contributed by atoms with Crippen molar-refractivity contribution in [2.45, 2.75) is 13.5 Å². The fraction of sp³-hybridized carbons (Fsp3) is 0.167. The van der Waals surface area contributed by atoms with Crippen LogP contribution in [-0.4, -0.2) is 37.1 Å². The molecule has 98 valence electrons. The first-order valence-electron chi connectivity index (χ1n) is 5.44. The Morgan fingerprint density at radius 3 is 2.58 bits per heavy atom. The molecule has 0 aliphatic heterocycles. The molecule has 0 fully saturated rings. The summed E-state index contributed by atoms with van der Waals surface area (Å²) in [6.07, 6.45) is 0. The van der Waals surface area contributed by atoms with E-state index in [0.717, 1.165) is 15.8 Å². The Labute approximate surface area is 108 Å². The second-order valence-electron chi connectivity index (χ2n) is 4.04. The van der Waals surface area contributed by atoms with Crippen molar-refractivity contribution in [1.29, 1.82) is 0 Å². The summed E-state index contributed by atoms with van der Waals surface area (Å²) in [6.45, 7) is 2.06. The van der Waals surface area contributed by atoms with Gasteiger partial charge in [0.1, 0.15) is 0 Å². The molecule has 0 unspecified atom stereocenters. The number of rotatable bonds is 4. The highest BCUT2D eigenvalue weighted by atomic mass is 16.4. The minimum Gasteiger partial charge on any atom is -0.476 e. The van der Waals surface area contributed by atoms with Gasteiger partial charge in [-0.2, -0.15) is 0 Å². The van der Waals surface area contributed by atoms with Crippen molar-refractivity contribution in [3.05, 3.63) is 46.8 Å². The number of carboxylic acids is 2. The summed E-state index contributed by atoms with van der Waals surface area (Å²) < 4.78 is 1.07. The smallest absolute Gasteiger partial charge is 0.359 e. The van der Waals surface area contributed by atoms with Crippen molar-refractivity contribution in [2.75, 3.05) is 0 Å². The molecule has 0 spiro atoms. The van der Waals surface area contributed by atoms with Gasteiger partial charge in [-0.3, -0.25) is 0 Å². The molecule has 0 atom stereocenters. The minimum atomic E-state index is -1.41. The summed E-state index contributed by atoms with van der Waals surface area (Å²) in [5.74, 6) is -2.78. The van der Waals surface area contributed by atoms with Gasteiger partial charge in [0, 0.05) is 0 Å². The van der Waals surface area contributed by atoms with E-state index in [0.29, 0.717) is 0 Å². The molecule has 0 aliphatic rings. The SMILES string of the molecule is Cc1cccc(Cn2nnc(C(=O)O)c2C(=O)O)c1. The van der Waals surface area contributed by atoms with Crippen molar-refractivity contribution >= 4 is 11.9 Å². The first-order valence-corrected chi connectivity index (χ1v) is 5.44. The lowest BCUT2D eigenvalue weighted by Crippen LogP contribution is -2.14. The van der Waals surface area contributed by atoms with Gasteiger partial charge in [-0.05, 0) is 12.5 Å². The number of hydrogen-bond acceptors (Lipinski definition) is 4. The quantitative estimate of drug-likeness (QED) is 0.851. The lowest BCUT2D eigenvalue weighted by Gasteiger charge is -2.04. The van der Waals surface area contributed by atoms with E-state index in [1.165, 1.54) is 0 Å². The summed E-state index contributed by atoms with van der Waals surface area (Å²) in [5.41, 5.74) is 0.867. The average Bonchev–Trinajstić information content (AvgIpc) is 2.73. The van der Waals surface area contributed by atoms with Gasteiger partial charge in [-0.25, -0.2) is 14.3 Å². The number of hydrogen-bond donors (Lipinski definition) is 2. The molecule has 0 amide bonds. The summed E-state index contributed by atoms with van der Waals surface area (Å²) >= 11 is 0. The number of benzene rings is 1. The Kier molecular flexibility index (Phi) is 3.28. The Morgan fingerprint density at radius 2 is 2.00 bits per heavy atom. The normalized spacial score (nSPS) is 10.4. The maximum absolute atomic E-state index is 11.1. The van der Waals surface area contributed by atoms with E-state index in [1.54, 1.807) is 6.07 Å². The summed E-state index contributed by atoms with van der Waals surface area (Å²) in [7, 11) is 0. The molecule has 2 aromatic rings. The van der Waals surface area contributed by atoms with Gasteiger partial charge in [-0.1, -0.05) is 35.0 Å². The number of carboxylic acid groups (broad SMARTS) is 2. The van der Waals surface area contributed by atoms with Gasteiger partial charge >= 0.3 is 11.9 Å². The standard InChI is InChI=1S/C12H11N3O4/c1-7-3-2-4-8(5-7)6-15-10(12(18)19)9(11(16)17)13-14-15/h2-5H,6H2,1H3,(H,16,17)(H,18,19). The van der Waals surface area contributed by atoms with E-state index in [2.05, 4.69) is 10.3 Å². The molecule has 0 bridgehead atoms. The predicted molar refractivity (Wildman–Crippen MR) is 64.2 cm³/mol. The van der Waals surface area contributed by atoms with Gasteiger partial charge in [-0.15, -0.1) is 5.10 Å². The van der Waals surface area contributed by atoms with E-state index < -0.39 is 23.3 Å². The third kappa shape index (κ3) is 2.59. The Balaban J connectivity index is 2.41. The lowest BCUT2D eigenvalue weighted by molar-refractivity contribution is 0.0640. The molecule has 7 heteroatoms. The average molecular weight is 261 g/mol. The van der Waals surface area contributed by atoms with Gasteiger partial charge in [0.25, 0.3) is 0 Å². The van der Waals surface area contributed by atoms with Gasteiger partial charge in [0.2, 0.25) is 5.69 Å². The summed E-state index contributed by atoms with van der Waals surface area (Å²) in [4.78, 5) is 22.0. The highest BCUT2D eigenvalue weighted by Gasteiger charge is 2.24. The molecule has 2 N–H and O–H groups in total. The van der Waals surface area contributed by atoms with Crippen LogP contribution >= 0.6 is 0 Å². The van der Waals surface area contributed by atoms with Crippen molar-refractivity contribution in [1.82, 2.24) is 15.0 Å². The van der Waals surface area contributed by atoms with Gasteiger partial charge in [0.15, 0.2) is 5.69 Å². The fourth-order valence-corrected chi connectivity index (χ4v) is 1.76. The van der Waals surface area contributed by atoms with Crippen LogP contribution in [0.15, 0.2) is 24.3 Å². The Hall–Kier alpha value is -2.70. The molecule has 0 saturated heterocycles. The van der Waals surface area contributed by atoms with E-state index in [9.17, 15) is 9.59 Å². The minimum absolute atomic E-state index is 0.156. The third-order valence-corrected chi connectivity index (χ3v) is 2.56. The topological polar surface area (TPSA) is 105 Å². The molecular weight excluding hydrogens is 250 g/mol. The monoisotopic (exact) mass is 261 g/mol. The van der Waals surface area contributed by atoms with Crippen LogP contribution in [0.3, 0.4) is 0 Å². The van der Waals surface area contributed by atoms with Crippen molar-refractivity contribution in [2.24, 2.45) is 0 Å². The zero-order valence-electron chi connectivity index (χ0n) is 10.1. The van der Waals surface area contributed by atoms with Crippen LogP contribution < -0.4 is 0 Å². The summed E-state index contributed by atoms with van der Waals surface area (Å²) in [6, 6.07) is 7.42. The van der Waals surface area contributed by atoms with Crippen molar-refractivity contribution in [3.63, 3.8) is 0 Å². The molecular formula is C12H11N3O4. The van der Waals surface area contributed by atoms with Crippen LogP contribution in [0.4, 0.5) is 0 Å². The second-order valence-corrected chi connectivity index (χ2v) is 4.04. The zero-order chi connectivity index (χ0) is 14.0. The number of carbonyl (C=O) groups is 2. The molecule has 19 heavy (non-hydrogen) atoms. The second kappa shape index (κ2) is 4.89. The van der Waals surface area contributed by atoms with Crippen LogP contribution in [0.2, 0.25) is 0 Å². The first kappa shape index (κ1) is 12.7. The highest BCUT2D eigenvalue weighted by Crippen LogP contribution is 2.10. The number of nitrogens with zero attached hydrogens (tertiary/aromatic N) is 3. The number of aromatic nitrogens is 3. The molecule has 1 heterocycles. The first-order chi connectivity index (χ1) is 8.99. The van der Waals surface area contributed by atoms with Gasteiger partial charge < -0.3 is 10.2 Å². The molecule has 2 rings (SSSR count). The largest absolute Gasteiger partial charge is 0.476 e. The van der Waals surface area contributed by atoms with Crippen LogP contribution in [0.5, 0.6) is 0 Å². The van der Waals surface area contributed by atoms with Crippen LogP contribution in [0.1, 0.15) is 32.1 Å². The lowest BCUT2D eigenvalue weighted by atomic mass is 10.1. The maximum Gasteiger partial charge on any atom is 0.359 e. The molecule has 0 radical (unpaired) electrons. The zero-order valence-corrected chi connectivity index (χ0v) is 10.1. The number of aryl methyl sites for hydroxylation is 1. The fourth-order valence-electron chi connectivity index (χ4n) is 1.76. The van der Waals surface area contributed by atoms with E-state index in [-0.39, 0.29) is 6.54 Å². The molecule has 1 aromatic carbocycles. The van der Waals surface area contributed by atoms with Crippen LogP contribution in [-0.2, 0) is 6.54 Å². The van der Waals surface area contributed by atoms with Crippen molar-refractivity contribution < 1.29 is 19.8 Å². The van der Waals surface area contributed by atoms with Gasteiger partial charge in [0.05, 0.1) is 6.54 Å². The Bertz CT molecular complexity index is 648. The molecule has 0 saturated carbocycles. The molecule has 7 nitrogen and oxygen atoms in total.